The Labute approximate surface area is 104 Å². The van der Waals surface area contributed by atoms with Gasteiger partial charge in [0.25, 0.3) is 0 Å². The van der Waals surface area contributed by atoms with Gasteiger partial charge in [-0.15, -0.1) is 0 Å². The van der Waals surface area contributed by atoms with Gasteiger partial charge in [0, 0.05) is 1.37 Å². The molecular weight excluding hydrogens is 258 g/mol. The Balaban J connectivity index is 3.36. The van der Waals surface area contributed by atoms with Crippen LogP contribution in [0.25, 0.3) is 0 Å². The van der Waals surface area contributed by atoms with Crippen molar-refractivity contribution >= 4 is 0 Å². The molecule has 2 unspecified atom stereocenters. The molecule has 0 spiro atoms. The van der Waals surface area contributed by atoms with Gasteiger partial charge in [0.15, 0.2) is 0 Å². The zero-order chi connectivity index (χ0) is 15.3. The quantitative estimate of drug-likeness (QED) is 0.534. The lowest BCUT2D eigenvalue weighted by atomic mass is 9.61. The molecule has 6 heteroatoms. The lowest BCUT2D eigenvalue weighted by Gasteiger charge is -2.46. The number of alkyl halides is 6. The molecule has 0 aliphatic heterocycles. The molecular formula is C12H18F6. The minimum Gasteiger partial charge on any atom is -0.171 e. The summed E-state index contributed by atoms with van der Waals surface area (Å²) in [6, 6.07) is 0. The van der Waals surface area contributed by atoms with Gasteiger partial charge in [-0.3, -0.25) is 0 Å². The van der Waals surface area contributed by atoms with Crippen molar-refractivity contribution in [1.29, 1.82) is 0 Å². The van der Waals surface area contributed by atoms with Gasteiger partial charge in [0.2, 0.25) is 0 Å². The third-order valence-corrected chi connectivity index (χ3v) is 3.39. The zero-order valence-electron chi connectivity index (χ0n) is 11.5. The molecule has 0 amide bonds. The summed E-state index contributed by atoms with van der Waals surface area (Å²) in [7, 11) is 0. The van der Waals surface area contributed by atoms with Crippen LogP contribution in [-0.4, -0.2) is 12.4 Å². The number of rotatable bonds is 0. The maximum atomic E-state index is 13.0. The Morgan fingerprint density at radius 1 is 0.833 bits per heavy atom. The second kappa shape index (κ2) is 4.60. The van der Waals surface area contributed by atoms with E-state index >= 15 is 0 Å². The van der Waals surface area contributed by atoms with Crippen LogP contribution in [0.1, 0.15) is 41.4 Å². The molecule has 0 radical (unpaired) electrons. The van der Waals surface area contributed by atoms with Crippen LogP contribution in [0, 0.1) is 23.1 Å². The monoisotopic (exact) mass is 277 g/mol. The van der Waals surface area contributed by atoms with E-state index in [-0.39, 0.29) is 6.42 Å². The molecule has 1 aliphatic rings. The molecule has 1 fully saturated rings. The van der Waals surface area contributed by atoms with Crippen LogP contribution in [0.3, 0.4) is 0 Å². The number of hydrogen-bond donors (Lipinski definition) is 0. The molecule has 0 heterocycles. The van der Waals surface area contributed by atoms with E-state index in [9.17, 15) is 26.3 Å². The first-order chi connectivity index (χ1) is 8.22. The first-order valence-corrected chi connectivity index (χ1v) is 5.86. The molecule has 0 nitrogen and oxygen atoms in total. The Bertz CT molecular complexity index is 303. The molecule has 2 atom stereocenters. The van der Waals surface area contributed by atoms with Gasteiger partial charge < -0.3 is 0 Å². The molecule has 0 N–H and O–H groups in total. The Morgan fingerprint density at radius 2 is 1.17 bits per heavy atom. The zero-order valence-corrected chi connectivity index (χ0v) is 10.5. The SMILES string of the molecule is [2H]C1(C(C)(C)C)C(C(F)(F)F)CCCC1C(F)(F)F. The molecule has 0 aromatic heterocycles. The lowest BCUT2D eigenvalue weighted by molar-refractivity contribution is -0.261. The van der Waals surface area contributed by atoms with E-state index < -0.39 is 48.3 Å². The van der Waals surface area contributed by atoms with Gasteiger partial charge in [-0.1, -0.05) is 27.2 Å². The minimum atomic E-state index is -4.78. The highest BCUT2D eigenvalue weighted by Crippen LogP contribution is 2.55. The van der Waals surface area contributed by atoms with E-state index in [0.717, 1.165) is 0 Å². The fourth-order valence-electron chi connectivity index (χ4n) is 2.81. The molecule has 1 saturated carbocycles. The van der Waals surface area contributed by atoms with Crippen molar-refractivity contribution in [2.75, 3.05) is 0 Å². The smallest absolute Gasteiger partial charge is 0.171 e. The van der Waals surface area contributed by atoms with Crippen LogP contribution in [-0.2, 0) is 0 Å². The minimum absolute atomic E-state index is 0.148. The maximum absolute atomic E-state index is 13.0. The van der Waals surface area contributed by atoms with E-state index in [2.05, 4.69) is 0 Å². The van der Waals surface area contributed by atoms with Crippen molar-refractivity contribution < 1.29 is 27.7 Å². The normalized spacial score (nSPS) is 36.4. The number of hydrogen-bond acceptors (Lipinski definition) is 0. The molecule has 0 saturated heterocycles. The van der Waals surface area contributed by atoms with Crippen LogP contribution in [0.2, 0.25) is 0 Å². The highest BCUT2D eigenvalue weighted by Gasteiger charge is 2.58. The topological polar surface area (TPSA) is 0 Å². The summed E-state index contributed by atoms with van der Waals surface area (Å²) in [6.45, 7) is 3.84. The van der Waals surface area contributed by atoms with Gasteiger partial charge in [-0.05, 0) is 24.2 Å². The fraction of sp³-hybridized carbons (Fsp3) is 1.00. The Morgan fingerprint density at radius 3 is 1.39 bits per heavy atom. The highest BCUT2D eigenvalue weighted by atomic mass is 19.4. The first-order valence-electron chi connectivity index (χ1n) is 6.36. The summed E-state index contributed by atoms with van der Waals surface area (Å²) in [5.74, 6) is -7.05. The van der Waals surface area contributed by atoms with Gasteiger partial charge in [-0.2, -0.15) is 26.3 Å². The third kappa shape index (κ3) is 3.32. The lowest BCUT2D eigenvalue weighted by Crippen LogP contribution is -2.48. The van der Waals surface area contributed by atoms with E-state index in [1.54, 1.807) is 0 Å². The van der Waals surface area contributed by atoms with E-state index in [0.29, 0.717) is 0 Å². The molecule has 108 valence electrons. The van der Waals surface area contributed by atoms with Crippen LogP contribution < -0.4 is 0 Å². The summed E-state index contributed by atoms with van der Waals surface area (Å²) in [6.07, 6.45) is -10.5. The summed E-state index contributed by atoms with van der Waals surface area (Å²) < 4.78 is 86.3. The predicted octanol–water partition coefficient (Wildman–Crippen LogP) is 5.19. The van der Waals surface area contributed by atoms with E-state index in [1.807, 2.05) is 0 Å². The number of halogens is 6. The van der Waals surface area contributed by atoms with Crippen LogP contribution in [0.15, 0.2) is 0 Å². The second-order valence-corrected chi connectivity index (χ2v) is 5.82. The fourth-order valence-corrected chi connectivity index (χ4v) is 2.81. The molecule has 0 bridgehead atoms. The molecule has 1 aliphatic carbocycles. The predicted molar refractivity (Wildman–Crippen MR) is 55.9 cm³/mol. The summed E-state index contributed by atoms with van der Waals surface area (Å²) >= 11 is 0. The first kappa shape index (κ1) is 14.0. The van der Waals surface area contributed by atoms with Crippen LogP contribution in [0.4, 0.5) is 26.3 Å². The third-order valence-electron chi connectivity index (χ3n) is 3.39. The maximum Gasteiger partial charge on any atom is 0.392 e. The van der Waals surface area contributed by atoms with Crippen molar-refractivity contribution in [3.05, 3.63) is 0 Å². The summed E-state index contributed by atoms with van der Waals surface area (Å²) in [5.41, 5.74) is -1.41. The van der Waals surface area contributed by atoms with Gasteiger partial charge in [0.05, 0.1) is 11.8 Å². The van der Waals surface area contributed by atoms with E-state index in [4.69, 9.17) is 1.37 Å². The van der Waals surface area contributed by atoms with Gasteiger partial charge in [0.1, 0.15) is 0 Å². The van der Waals surface area contributed by atoms with Crippen molar-refractivity contribution in [3.8, 4) is 0 Å². The molecule has 1 rings (SSSR count). The summed E-state index contributed by atoms with van der Waals surface area (Å²) in [4.78, 5) is 0. The average molecular weight is 277 g/mol. The van der Waals surface area contributed by atoms with Crippen LogP contribution in [0.5, 0.6) is 0 Å². The van der Waals surface area contributed by atoms with E-state index in [1.165, 1.54) is 20.8 Å². The van der Waals surface area contributed by atoms with Crippen LogP contribution >= 0.6 is 0 Å². The standard InChI is InChI=1S/C12H18F6/c1-10(2,3)9-7(11(13,14)15)5-4-6-8(9)12(16,17)18/h7-9H,4-6H2,1-3H3/i9D. The molecule has 0 aromatic carbocycles. The molecule has 0 aromatic rings. The van der Waals surface area contributed by atoms with Gasteiger partial charge in [-0.25, -0.2) is 0 Å². The Kier molecular flexibility index (Phi) is 3.58. The largest absolute Gasteiger partial charge is 0.392 e. The van der Waals surface area contributed by atoms with Crippen molar-refractivity contribution in [1.82, 2.24) is 0 Å². The second-order valence-electron chi connectivity index (χ2n) is 5.82. The van der Waals surface area contributed by atoms with Gasteiger partial charge >= 0.3 is 12.4 Å². The average Bonchev–Trinajstić information content (AvgIpc) is 2.12. The molecule has 18 heavy (non-hydrogen) atoms. The summed E-state index contributed by atoms with van der Waals surface area (Å²) in [5, 5.41) is 0. The van der Waals surface area contributed by atoms with Crippen molar-refractivity contribution in [2.45, 2.75) is 52.4 Å². The van der Waals surface area contributed by atoms with Crippen molar-refractivity contribution in [3.63, 3.8) is 0 Å². The Hall–Kier alpha value is -0.420. The van der Waals surface area contributed by atoms with Crippen molar-refractivity contribution in [2.24, 2.45) is 23.1 Å². The highest BCUT2D eigenvalue weighted by molar-refractivity contribution is 4.94.